The molecular weight excluding hydrogens is 336 g/mol. The molecule has 0 heterocycles. The Labute approximate surface area is 152 Å². The van der Waals surface area contributed by atoms with Gasteiger partial charge in [0.15, 0.2) is 0 Å². The summed E-state index contributed by atoms with van der Waals surface area (Å²) in [4.78, 5) is 1.14. The van der Waals surface area contributed by atoms with Crippen molar-refractivity contribution in [1.82, 2.24) is 0 Å². The van der Waals surface area contributed by atoms with Crippen molar-refractivity contribution in [3.05, 3.63) is 101 Å². The van der Waals surface area contributed by atoms with Crippen LogP contribution in [0.15, 0.2) is 89.8 Å². The second-order valence-electron chi connectivity index (χ2n) is 5.81. The molecule has 0 aliphatic rings. The van der Waals surface area contributed by atoms with Crippen LogP contribution in [0.2, 0.25) is 5.02 Å². The Balaban J connectivity index is 1.87. The maximum Gasteiger partial charge on any atom is 0.103 e. The van der Waals surface area contributed by atoms with E-state index in [1.165, 1.54) is 0 Å². The largest absolute Gasteiger partial charge is 0.384 e. The van der Waals surface area contributed by atoms with Gasteiger partial charge in [0.1, 0.15) is 5.60 Å². The molecule has 0 radical (unpaired) electrons. The number of benzene rings is 3. The van der Waals surface area contributed by atoms with Gasteiger partial charge in [0.2, 0.25) is 0 Å². The molecule has 0 fully saturated rings. The second kappa shape index (κ2) is 7.89. The zero-order chi connectivity index (χ0) is 16.8. The smallest absolute Gasteiger partial charge is 0.103 e. The lowest BCUT2D eigenvalue weighted by Crippen LogP contribution is -2.31. The first-order valence-electron chi connectivity index (χ1n) is 7.86. The second-order valence-corrected chi connectivity index (χ2v) is 7.29. The van der Waals surface area contributed by atoms with E-state index in [0.29, 0.717) is 17.2 Å². The summed E-state index contributed by atoms with van der Waals surface area (Å²) in [7, 11) is 0. The van der Waals surface area contributed by atoms with E-state index in [1.807, 2.05) is 72.8 Å². The molecule has 24 heavy (non-hydrogen) atoms. The SMILES string of the molecule is OC(CSc1ccccc1)(Cc1ccccc1)c1cccc(Cl)c1. The van der Waals surface area contributed by atoms with Crippen molar-refractivity contribution < 1.29 is 5.11 Å². The first-order chi connectivity index (χ1) is 11.7. The zero-order valence-corrected chi connectivity index (χ0v) is 14.8. The number of hydrogen-bond donors (Lipinski definition) is 1. The maximum absolute atomic E-state index is 11.4. The van der Waals surface area contributed by atoms with Gasteiger partial charge in [0.25, 0.3) is 0 Å². The van der Waals surface area contributed by atoms with Crippen LogP contribution in [0.3, 0.4) is 0 Å². The highest BCUT2D eigenvalue weighted by atomic mass is 35.5. The number of aliphatic hydroxyl groups is 1. The van der Waals surface area contributed by atoms with Crippen molar-refractivity contribution in [3.8, 4) is 0 Å². The Morgan fingerprint density at radius 3 is 2.17 bits per heavy atom. The first kappa shape index (κ1) is 17.1. The standard InChI is InChI=1S/C21H19ClOS/c22-19-11-7-10-18(14-19)21(23,15-17-8-3-1-4-9-17)16-24-20-12-5-2-6-13-20/h1-14,23H,15-16H2. The minimum atomic E-state index is -0.979. The summed E-state index contributed by atoms with van der Waals surface area (Å²) >= 11 is 7.81. The highest BCUT2D eigenvalue weighted by molar-refractivity contribution is 7.99. The zero-order valence-electron chi connectivity index (χ0n) is 13.2. The fourth-order valence-electron chi connectivity index (χ4n) is 2.67. The molecule has 3 aromatic carbocycles. The van der Waals surface area contributed by atoms with Crippen molar-refractivity contribution in [2.45, 2.75) is 16.9 Å². The molecule has 1 N–H and O–H groups in total. The number of hydrogen-bond acceptors (Lipinski definition) is 2. The Morgan fingerprint density at radius 2 is 1.50 bits per heavy atom. The summed E-state index contributed by atoms with van der Waals surface area (Å²) in [6.45, 7) is 0. The van der Waals surface area contributed by atoms with E-state index in [9.17, 15) is 5.11 Å². The molecule has 0 spiro atoms. The molecule has 3 aromatic rings. The van der Waals surface area contributed by atoms with E-state index in [2.05, 4.69) is 12.1 Å². The molecular formula is C21H19ClOS. The van der Waals surface area contributed by atoms with Crippen LogP contribution in [0.1, 0.15) is 11.1 Å². The number of rotatable bonds is 6. The Bertz CT molecular complexity index is 776. The normalized spacial score (nSPS) is 13.4. The van der Waals surface area contributed by atoms with Crippen LogP contribution in [0.25, 0.3) is 0 Å². The van der Waals surface area contributed by atoms with Crippen molar-refractivity contribution in [3.63, 3.8) is 0 Å². The van der Waals surface area contributed by atoms with E-state index < -0.39 is 5.60 Å². The lowest BCUT2D eigenvalue weighted by molar-refractivity contribution is 0.0629. The van der Waals surface area contributed by atoms with E-state index in [0.717, 1.165) is 16.0 Å². The Hall–Kier alpha value is -1.74. The summed E-state index contributed by atoms with van der Waals surface area (Å²) in [6, 6.07) is 27.7. The van der Waals surface area contributed by atoms with Crippen LogP contribution in [0.5, 0.6) is 0 Å². The minimum Gasteiger partial charge on any atom is -0.384 e. The Morgan fingerprint density at radius 1 is 0.833 bits per heavy atom. The molecule has 122 valence electrons. The highest BCUT2D eigenvalue weighted by Gasteiger charge is 2.30. The van der Waals surface area contributed by atoms with Crippen LogP contribution in [-0.4, -0.2) is 10.9 Å². The summed E-state index contributed by atoms with van der Waals surface area (Å²) < 4.78 is 0. The van der Waals surface area contributed by atoms with Crippen LogP contribution in [-0.2, 0) is 12.0 Å². The number of halogens is 1. The maximum atomic E-state index is 11.4. The van der Waals surface area contributed by atoms with Crippen molar-refractivity contribution in [2.75, 3.05) is 5.75 Å². The van der Waals surface area contributed by atoms with Gasteiger partial charge in [-0.15, -0.1) is 11.8 Å². The molecule has 0 saturated heterocycles. The van der Waals surface area contributed by atoms with Crippen molar-refractivity contribution in [2.24, 2.45) is 0 Å². The van der Waals surface area contributed by atoms with Crippen LogP contribution in [0.4, 0.5) is 0 Å². The van der Waals surface area contributed by atoms with Gasteiger partial charge in [-0.1, -0.05) is 72.3 Å². The third-order valence-corrected chi connectivity index (χ3v) is 5.38. The fraction of sp³-hybridized carbons (Fsp3) is 0.143. The first-order valence-corrected chi connectivity index (χ1v) is 9.22. The van der Waals surface area contributed by atoms with Crippen LogP contribution < -0.4 is 0 Å². The van der Waals surface area contributed by atoms with Gasteiger partial charge in [-0.3, -0.25) is 0 Å². The molecule has 1 unspecified atom stereocenters. The van der Waals surface area contributed by atoms with Gasteiger partial charge in [0, 0.05) is 22.1 Å². The molecule has 0 aliphatic carbocycles. The monoisotopic (exact) mass is 354 g/mol. The van der Waals surface area contributed by atoms with E-state index in [-0.39, 0.29) is 0 Å². The molecule has 1 atom stereocenters. The lowest BCUT2D eigenvalue weighted by atomic mass is 9.89. The molecule has 0 bridgehead atoms. The van der Waals surface area contributed by atoms with Crippen molar-refractivity contribution in [1.29, 1.82) is 0 Å². The van der Waals surface area contributed by atoms with Crippen molar-refractivity contribution >= 4 is 23.4 Å². The van der Waals surface area contributed by atoms with Crippen LogP contribution in [0, 0.1) is 0 Å². The van der Waals surface area contributed by atoms with E-state index in [4.69, 9.17) is 11.6 Å². The van der Waals surface area contributed by atoms with Gasteiger partial charge in [-0.05, 0) is 35.4 Å². The molecule has 3 rings (SSSR count). The fourth-order valence-corrected chi connectivity index (χ4v) is 3.88. The highest BCUT2D eigenvalue weighted by Crippen LogP contribution is 2.33. The lowest BCUT2D eigenvalue weighted by Gasteiger charge is -2.29. The van der Waals surface area contributed by atoms with Gasteiger partial charge in [-0.25, -0.2) is 0 Å². The Kier molecular flexibility index (Phi) is 5.62. The van der Waals surface area contributed by atoms with Gasteiger partial charge in [-0.2, -0.15) is 0 Å². The summed E-state index contributed by atoms with van der Waals surface area (Å²) in [5, 5.41) is 12.1. The van der Waals surface area contributed by atoms with Gasteiger partial charge < -0.3 is 5.11 Å². The van der Waals surface area contributed by atoms with E-state index in [1.54, 1.807) is 11.8 Å². The van der Waals surface area contributed by atoms with E-state index >= 15 is 0 Å². The predicted octanol–water partition coefficient (Wildman–Crippen LogP) is 5.56. The average Bonchev–Trinajstić information content (AvgIpc) is 2.62. The van der Waals surface area contributed by atoms with Gasteiger partial charge in [0.05, 0.1) is 0 Å². The molecule has 0 amide bonds. The number of thioether (sulfide) groups is 1. The molecule has 0 aromatic heterocycles. The predicted molar refractivity (Wildman–Crippen MR) is 103 cm³/mol. The topological polar surface area (TPSA) is 20.2 Å². The summed E-state index contributed by atoms with van der Waals surface area (Å²) in [6.07, 6.45) is 0.550. The summed E-state index contributed by atoms with van der Waals surface area (Å²) in [5.41, 5.74) is 0.975. The average molecular weight is 355 g/mol. The molecule has 0 aliphatic heterocycles. The van der Waals surface area contributed by atoms with Gasteiger partial charge >= 0.3 is 0 Å². The third kappa shape index (κ3) is 4.41. The third-order valence-electron chi connectivity index (χ3n) is 3.92. The van der Waals surface area contributed by atoms with Crippen LogP contribution >= 0.6 is 23.4 Å². The quantitative estimate of drug-likeness (QED) is 0.584. The summed E-state index contributed by atoms with van der Waals surface area (Å²) in [5.74, 6) is 0.562. The minimum absolute atomic E-state index is 0.550. The molecule has 3 heteroatoms. The molecule has 1 nitrogen and oxygen atoms in total. The molecule has 0 saturated carbocycles.